The van der Waals surface area contributed by atoms with Crippen LogP contribution in [-0.2, 0) is 4.79 Å². The second kappa shape index (κ2) is 8.88. The third-order valence-corrected chi connectivity index (χ3v) is 1.86. The van der Waals surface area contributed by atoms with Crippen LogP contribution >= 0.6 is 0 Å². The van der Waals surface area contributed by atoms with Crippen LogP contribution in [0.1, 0.15) is 0 Å². The quantitative estimate of drug-likeness (QED) is 0.233. The van der Waals surface area contributed by atoms with Gasteiger partial charge in [0.15, 0.2) is 6.10 Å². The van der Waals surface area contributed by atoms with Crippen molar-refractivity contribution in [1.82, 2.24) is 0 Å². The van der Waals surface area contributed by atoms with Gasteiger partial charge in [-0.25, -0.2) is 4.79 Å². The minimum absolute atomic E-state index is 0. The summed E-state index contributed by atoms with van der Waals surface area (Å²) in [6.45, 7) is -0.881. The molecule has 0 aliphatic carbocycles. The molecule has 0 saturated carbocycles. The van der Waals surface area contributed by atoms with Crippen LogP contribution in [0.25, 0.3) is 0 Å². The summed E-state index contributed by atoms with van der Waals surface area (Å²) in [6, 6.07) is 0. The molecule has 0 aromatic carbocycles. The summed E-state index contributed by atoms with van der Waals surface area (Å²) in [5, 5.41) is 61.5. The molecule has 0 spiro atoms. The Balaban J connectivity index is 0. The minimum atomic E-state index is -2.29. The van der Waals surface area contributed by atoms with E-state index in [1.54, 1.807) is 0 Å². The maximum Gasteiger partial charge on any atom is 1.00 e. The average Bonchev–Trinajstić information content (AvgIpc) is 2.23. The fraction of sp³-hybridized carbons (Fsp3) is 0.857. The van der Waals surface area contributed by atoms with Crippen molar-refractivity contribution in [3.05, 3.63) is 0 Å². The van der Waals surface area contributed by atoms with Crippen molar-refractivity contribution in [3.63, 3.8) is 0 Å². The fourth-order valence-corrected chi connectivity index (χ4v) is 0.870. The molecule has 0 saturated heterocycles. The fourth-order valence-electron chi connectivity index (χ4n) is 0.870. The molecule has 0 aliphatic rings. The molecule has 0 rings (SSSR count). The van der Waals surface area contributed by atoms with Crippen LogP contribution in [0.3, 0.4) is 0 Å². The number of aliphatic carboxylic acids is 1. The number of hydrogen-bond donors (Lipinski definition) is 7. The Bertz CT molecular complexity index is 213. The third-order valence-electron chi connectivity index (χ3n) is 1.86. The summed E-state index contributed by atoms with van der Waals surface area (Å²) in [6.07, 6.45) is -10.2. The molecule has 16 heavy (non-hydrogen) atoms. The van der Waals surface area contributed by atoms with Crippen molar-refractivity contribution in [1.29, 1.82) is 0 Å². The Morgan fingerprint density at radius 2 is 1.38 bits per heavy atom. The van der Waals surface area contributed by atoms with Gasteiger partial charge in [0, 0.05) is 0 Å². The number of rotatable bonds is 6. The Hall–Kier alpha value is 0.866. The molecule has 90 valence electrons. The second-order valence-electron chi connectivity index (χ2n) is 3.00. The molecule has 0 bridgehead atoms. The van der Waals surface area contributed by atoms with Crippen molar-refractivity contribution >= 4 is 5.97 Å². The van der Waals surface area contributed by atoms with E-state index in [-0.39, 0.29) is 51.4 Å². The summed E-state index contributed by atoms with van der Waals surface area (Å²) in [5.41, 5.74) is 0. The summed E-state index contributed by atoms with van der Waals surface area (Å²) in [4.78, 5) is 10.2. The van der Waals surface area contributed by atoms with E-state index in [1.165, 1.54) is 0 Å². The minimum Gasteiger partial charge on any atom is -0.479 e. The van der Waals surface area contributed by atoms with E-state index >= 15 is 0 Å². The van der Waals surface area contributed by atoms with Crippen LogP contribution in [0.15, 0.2) is 0 Å². The van der Waals surface area contributed by atoms with Gasteiger partial charge in [-0.2, -0.15) is 0 Å². The van der Waals surface area contributed by atoms with E-state index < -0.39 is 43.1 Å². The summed E-state index contributed by atoms with van der Waals surface area (Å²) in [7, 11) is 0. The van der Waals surface area contributed by atoms with Gasteiger partial charge < -0.3 is 35.7 Å². The van der Waals surface area contributed by atoms with E-state index in [0.717, 1.165) is 0 Å². The third kappa shape index (κ3) is 5.47. The first-order valence-electron chi connectivity index (χ1n) is 4.07. The van der Waals surface area contributed by atoms with Gasteiger partial charge in [-0.15, -0.1) is 0 Å². The molecule has 0 amide bonds. The van der Waals surface area contributed by atoms with E-state index in [1.807, 2.05) is 0 Å². The van der Waals surface area contributed by atoms with Crippen molar-refractivity contribution < 1.29 is 91.9 Å². The molecular weight excluding hydrogens is 251 g/mol. The van der Waals surface area contributed by atoms with E-state index in [0.29, 0.717) is 0 Å². The standard InChI is InChI=1S/C7H14O8.K/c8-1-2(9)3(10)4(11)5(12)6(13)7(14)15;/h2-6,8-13H,1H2,(H,14,15);/q;+1/t2-,3-,4+,5-,6-;/m0./s1. The van der Waals surface area contributed by atoms with E-state index in [9.17, 15) is 4.79 Å². The van der Waals surface area contributed by atoms with Gasteiger partial charge in [-0.05, 0) is 0 Å². The molecule has 0 unspecified atom stereocenters. The Morgan fingerprint density at radius 3 is 1.69 bits per heavy atom. The summed E-state index contributed by atoms with van der Waals surface area (Å²) >= 11 is 0. The SMILES string of the molecule is O=C(O)[C@@H](O)[C@@H](O)[C@H](O)[C@@H](O)[C@@H](O)CO.[K+]. The van der Waals surface area contributed by atoms with Gasteiger partial charge in [0.05, 0.1) is 6.61 Å². The molecule has 0 aliphatic heterocycles. The molecule has 0 aromatic heterocycles. The number of aliphatic hydroxyl groups excluding tert-OH is 6. The average molecular weight is 265 g/mol. The van der Waals surface area contributed by atoms with Crippen LogP contribution < -0.4 is 51.4 Å². The zero-order valence-electron chi connectivity index (χ0n) is 8.63. The predicted molar refractivity (Wildman–Crippen MR) is 44.8 cm³/mol. The van der Waals surface area contributed by atoms with Gasteiger partial charge in [0.2, 0.25) is 0 Å². The number of carbonyl (C=O) groups is 1. The number of hydrogen-bond acceptors (Lipinski definition) is 7. The number of carboxylic acids is 1. The topological polar surface area (TPSA) is 159 Å². The summed E-state index contributed by atoms with van der Waals surface area (Å²) < 4.78 is 0. The van der Waals surface area contributed by atoms with Crippen LogP contribution in [0.4, 0.5) is 0 Å². The van der Waals surface area contributed by atoms with Gasteiger partial charge in [-0.1, -0.05) is 0 Å². The summed E-state index contributed by atoms with van der Waals surface area (Å²) in [5.74, 6) is -1.78. The van der Waals surface area contributed by atoms with Gasteiger partial charge in [-0.3, -0.25) is 0 Å². The molecule has 7 N–H and O–H groups in total. The van der Waals surface area contributed by atoms with Crippen molar-refractivity contribution in [2.45, 2.75) is 30.5 Å². The Kier molecular flexibility index (Phi) is 10.7. The van der Waals surface area contributed by atoms with Crippen molar-refractivity contribution in [2.24, 2.45) is 0 Å². The molecule has 0 aromatic rings. The monoisotopic (exact) mass is 265 g/mol. The molecule has 0 fully saturated rings. The van der Waals surface area contributed by atoms with Crippen molar-refractivity contribution in [2.75, 3.05) is 6.61 Å². The molecule has 9 heteroatoms. The van der Waals surface area contributed by atoms with Gasteiger partial charge >= 0.3 is 57.4 Å². The van der Waals surface area contributed by atoms with Crippen LogP contribution in [-0.4, -0.2) is 78.8 Å². The smallest absolute Gasteiger partial charge is 0.479 e. The van der Waals surface area contributed by atoms with Crippen LogP contribution in [0.5, 0.6) is 0 Å². The van der Waals surface area contributed by atoms with Crippen molar-refractivity contribution in [3.8, 4) is 0 Å². The molecule has 8 nitrogen and oxygen atoms in total. The van der Waals surface area contributed by atoms with Gasteiger partial charge in [0.1, 0.15) is 24.4 Å². The molecular formula is C7H14KO8+. The van der Waals surface area contributed by atoms with E-state index in [2.05, 4.69) is 0 Å². The largest absolute Gasteiger partial charge is 1.00 e. The number of aliphatic hydroxyl groups is 6. The van der Waals surface area contributed by atoms with Crippen LogP contribution in [0, 0.1) is 0 Å². The normalized spacial score (nSPS) is 20.1. The Labute approximate surface area is 134 Å². The Morgan fingerprint density at radius 1 is 0.938 bits per heavy atom. The zero-order chi connectivity index (χ0) is 12.2. The maximum atomic E-state index is 10.2. The maximum absolute atomic E-state index is 10.2. The predicted octanol–water partition coefficient (Wildman–Crippen LogP) is -7.13. The first-order valence-corrected chi connectivity index (χ1v) is 4.07. The molecule has 0 heterocycles. The zero-order valence-corrected chi connectivity index (χ0v) is 11.8. The molecule has 0 radical (unpaired) electrons. The van der Waals surface area contributed by atoms with Crippen LogP contribution in [0.2, 0.25) is 0 Å². The molecule has 5 atom stereocenters. The first kappa shape index (κ1) is 19.2. The first-order chi connectivity index (χ1) is 6.82. The van der Waals surface area contributed by atoms with Gasteiger partial charge in [0.25, 0.3) is 0 Å². The number of carboxylic acid groups (broad SMARTS) is 1. The second-order valence-corrected chi connectivity index (χ2v) is 3.00. The van der Waals surface area contributed by atoms with E-state index in [4.69, 9.17) is 35.7 Å².